The average molecular weight is 294 g/mol. The molecule has 0 rings (SSSR count). The van der Waals surface area contributed by atoms with Crippen molar-refractivity contribution in [3.05, 3.63) is 0 Å². The van der Waals surface area contributed by atoms with E-state index in [4.69, 9.17) is 36.8 Å². The fraction of sp³-hybridized carbons (Fsp3) is 0. The predicted octanol–water partition coefficient (Wildman–Crippen LogP) is -7.16. The zero-order valence-electron chi connectivity index (χ0n) is 5.42. The maximum absolute atomic E-state index is 8.55. The Bertz CT molecular complexity index is 197. The van der Waals surface area contributed by atoms with Gasteiger partial charge in [0, 0.05) is 10.4 Å². The Kier molecular flexibility index (Phi) is 19.2. The molecule has 0 aromatic heterocycles. The van der Waals surface area contributed by atoms with Gasteiger partial charge in [-0.25, -0.2) is 0 Å². The molecule has 12 heavy (non-hydrogen) atoms. The average Bonchev–Trinajstić information content (AvgIpc) is 1.12. The molecule has 74 valence electrons. The summed E-state index contributed by atoms with van der Waals surface area (Å²) in [5.41, 5.74) is 0. The van der Waals surface area contributed by atoms with Gasteiger partial charge in [-0.05, 0) is 0 Å². The molecule has 0 saturated carbocycles. The van der Waals surface area contributed by atoms with Crippen molar-refractivity contribution < 1.29 is 105 Å². The van der Waals surface area contributed by atoms with Gasteiger partial charge in [0.2, 0.25) is 0 Å². The van der Waals surface area contributed by atoms with Crippen LogP contribution >= 0.6 is 7.82 Å². The molecule has 12 heteroatoms. The van der Waals surface area contributed by atoms with Gasteiger partial charge in [0.05, 0.1) is 0 Å². The van der Waals surface area contributed by atoms with Crippen LogP contribution in [0.4, 0.5) is 0 Å². The molecule has 0 aliphatic rings. The van der Waals surface area contributed by atoms with Crippen molar-refractivity contribution in [1.29, 1.82) is 0 Å². The molecule has 0 spiro atoms. The van der Waals surface area contributed by atoms with Crippen LogP contribution in [0.2, 0.25) is 0 Å². The minimum atomic E-state index is -5.39. The van der Waals surface area contributed by atoms with Crippen molar-refractivity contribution in [1.82, 2.24) is 0 Å². The van der Waals surface area contributed by atoms with Crippen LogP contribution in [0.3, 0.4) is 0 Å². The van der Waals surface area contributed by atoms with Crippen LogP contribution in [-0.2, 0) is 32.0 Å². The Morgan fingerprint density at radius 3 is 1.00 bits per heavy atom. The molecular formula is CuKO8PS-3. The van der Waals surface area contributed by atoms with Gasteiger partial charge in [-0.1, -0.05) is 0 Å². The zero-order chi connectivity index (χ0) is 9.00. The molecule has 0 fully saturated rings. The predicted molar refractivity (Wildman–Crippen MR) is 18.1 cm³/mol. The molecule has 0 radical (unpaired) electrons. The van der Waals surface area contributed by atoms with Crippen LogP contribution in [0.25, 0.3) is 0 Å². The summed E-state index contributed by atoms with van der Waals surface area (Å²) in [5, 5.41) is 0. The third-order valence-electron chi connectivity index (χ3n) is 0. The van der Waals surface area contributed by atoms with E-state index < -0.39 is 18.2 Å². The van der Waals surface area contributed by atoms with Crippen molar-refractivity contribution in [2.45, 2.75) is 0 Å². The van der Waals surface area contributed by atoms with E-state index in [-0.39, 0.29) is 68.5 Å². The molecule has 0 aliphatic carbocycles. The summed E-state index contributed by atoms with van der Waals surface area (Å²) >= 11 is 0. The summed E-state index contributed by atoms with van der Waals surface area (Å²) in [7, 11) is -10.6. The SMILES string of the molecule is O=P([O-])([O-])[O-].O=S(=O)([O-])[O-].[Cu+].[K+]. The van der Waals surface area contributed by atoms with Gasteiger partial charge < -0.3 is 28.4 Å². The third kappa shape index (κ3) is 330. The maximum Gasteiger partial charge on any atom is 1.00 e. The minimum absolute atomic E-state index is 0. The fourth-order valence-corrected chi connectivity index (χ4v) is 0. The van der Waals surface area contributed by atoms with Gasteiger partial charge in [-0.2, -0.15) is 7.82 Å². The van der Waals surface area contributed by atoms with E-state index in [0.717, 1.165) is 0 Å². The van der Waals surface area contributed by atoms with E-state index in [0.29, 0.717) is 0 Å². The van der Waals surface area contributed by atoms with Crippen LogP contribution in [0.15, 0.2) is 0 Å². The Labute approximate surface area is 121 Å². The summed E-state index contributed by atoms with van der Waals surface area (Å²) in [6, 6.07) is 0. The molecule has 0 N–H and O–H groups in total. The molecule has 0 aliphatic heterocycles. The molecule has 0 unspecified atom stereocenters. The normalized spacial score (nSPS) is 9.75. The Hall–Kier alpha value is 2.14. The summed E-state index contributed by atoms with van der Waals surface area (Å²) in [5.74, 6) is 0. The zero-order valence-corrected chi connectivity index (χ0v) is 11.2. The monoisotopic (exact) mass is 293 g/mol. The van der Waals surface area contributed by atoms with E-state index in [2.05, 4.69) is 0 Å². The fourth-order valence-electron chi connectivity index (χ4n) is 0. The van der Waals surface area contributed by atoms with E-state index in [9.17, 15) is 0 Å². The Morgan fingerprint density at radius 1 is 1.00 bits per heavy atom. The number of phosphoric acid groups is 1. The van der Waals surface area contributed by atoms with Crippen molar-refractivity contribution in [3.63, 3.8) is 0 Å². The van der Waals surface area contributed by atoms with Crippen LogP contribution in [-0.4, -0.2) is 17.5 Å². The third-order valence-corrected chi connectivity index (χ3v) is 0. The van der Waals surface area contributed by atoms with Gasteiger partial charge in [0.25, 0.3) is 0 Å². The summed E-state index contributed by atoms with van der Waals surface area (Å²) in [6.07, 6.45) is 0. The minimum Gasteiger partial charge on any atom is -0.822 e. The van der Waals surface area contributed by atoms with Crippen molar-refractivity contribution in [2.24, 2.45) is 0 Å². The van der Waals surface area contributed by atoms with E-state index in [1.165, 1.54) is 0 Å². The first-order valence-corrected chi connectivity index (χ1v) is 4.19. The molecule has 0 bridgehead atoms. The molecular weight excluding hydrogens is 294 g/mol. The largest absolute Gasteiger partial charge is 1.00 e. The second-order valence-corrected chi connectivity index (χ2v) is 2.57. The van der Waals surface area contributed by atoms with E-state index in [1.54, 1.807) is 0 Å². The standard InChI is InChI=1S/Cu.K.H3O4P.H2O4S/c;;2*1-5(2,3)4/h;;(H3,1,2,3,4);(H2,1,2,3,4)/q2*+1;;/p-5. The first kappa shape index (κ1) is 23.7. The van der Waals surface area contributed by atoms with Gasteiger partial charge in [0.15, 0.2) is 0 Å². The molecule has 0 atom stereocenters. The van der Waals surface area contributed by atoms with E-state index >= 15 is 0 Å². The van der Waals surface area contributed by atoms with Crippen molar-refractivity contribution in [2.75, 3.05) is 0 Å². The quantitative estimate of drug-likeness (QED) is 0.184. The van der Waals surface area contributed by atoms with Gasteiger partial charge in [0.1, 0.15) is 0 Å². The van der Waals surface area contributed by atoms with Gasteiger partial charge in [-0.15, -0.1) is 0 Å². The van der Waals surface area contributed by atoms with Crippen molar-refractivity contribution >= 4 is 18.2 Å². The van der Waals surface area contributed by atoms with Crippen LogP contribution in [0.1, 0.15) is 0 Å². The smallest absolute Gasteiger partial charge is 0.822 e. The Balaban J connectivity index is -0.0000000457. The first-order chi connectivity index (χ1) is 4.00. The van der Waals surface area contributed by atoms with Gasteiger partial charge >= 0.3 is 68.5 Å². The van der Waals surface area contributed by atoms with E-state index in [1.807, 2.05) is 0 Å². The second kappa shape index (κ2) is 9.68. The second-order valence-electron chi connectivity index (χ2n) is 0.855. The Morgan fingerprint density at radius 2 is 1.00 bits per heavy atom. The molecule has 0 saturated heterocycles. The molecule has 0 heterocycles. The number of hydrogen-bond acceptors (Lipinski definition) is 8. The molecule has 0 aromatic rings. The number of hydrogen-bond donors (Lipinski definition) is 0. The maximum atomic E-state index is 8.55. The number of rotatable bonds is 0. The van der Waals surface area contributed by atoms with Gasteiger partial charge in [-0.3, -0.25) is 8.42 Å². The van der Waals surface area contributed by atoms with Crippen LogP contribution in [0, 0.1) is 0 Å². The first-order valence-electron chi connectivity index (χ1n) is 1.40. The summed E-state index contributed by atoms with van der Waals surface area (Å²) in [6.45, 7) is 0. The molecule has 0 aromatic carbocycles. The summed E-state index contributed by atoms with van der Waals surface area (Å²) in [4.78, 5) is 25.6. The molecule has 8 nitrogen and oxygen atoms in total. The molecule has 0 amide bonds. The van der Waals surface area contributed by atoms with Crippen LogP contribution in [0.5, 0.6) is 0 Å². The van der Waals surface area contributed by atoms with Crippen molar-refractivity contribution in [3.8, 4) is 0 Å². The summed E-state index contributed by atoms with van der Waals surface area (Å²) < 4.78 is 42.6. The van der Waals surface area contributed by atoms with Crippen LogP contribution < -0.4 is 66.1 Å². The topological polar surface area (TPSA) is 167 Å².